The van der Waals surface area contributed by atoms with Crippen molar-refractivity contribution in [2.75, 3.05) is 0 Å². The van der Waals surface area contributed by atoms with Gasteiger partial charge in [-0.3, -0.25) is 5.43 Å². The molecule has 0 fully saturated rings. The van der Waals surface area contributed by atoms with Gasteiger partial charge in [-0.2, -0.15) is 5.10 Å². The van der Waals surface area contributed by atoms with Crippen molar-refractivity contribution in [3.8, 4) is 0 Å². The van der Waals surface area contributed by atoms with Gasteiger partial charge in [0.1, 0.15) is 5.37 Å². The van der Waals surface area contributed by atoms with Gasteiger partial charge >= 0.3 is 0 Å². The Kier molecular flexibility index (Phi) is 3.33. The first-order valence-corrected chi connectivity index (χ1v) is 6.87. The summed E-state index contributed by atoms with van der Waals surface area (Å²) in [5.74, 6) is 0. The van der Waals surface area contributed by atoms with Gasteiger partial charge in [0.25, 0.3) is 0 Å². The molecular weight excluding hydrogens is 240 g/mol. The Morgan fingerprint density at radius 2 is 1.61 bits per heavy atom. The summed E-state index contributed by atoms with van der Waals surface area (Å²) in [5, 5.41) is 5.82. The molecule has 90 valence electrons. The molecule has 0 aliphatic carbocycles. The van der Waals surface area contributed by atoms with Crippen LogP contribution in [0.1, 0.15) is 16.5 Å². The van der Waals surface area contributed by atoms with Gasteiger partial charge in [-0.25, -0.2) is 0 Å². The third kappa shape index (κ3) is 2.57. The fourth-order valence-corrected chi connectivity index (χ4v) is 2.97. The van der Waals surface area contributed by atoms with E-state index in [4.69, 9.17) is 0 Å². The minimum absolute atomic E-state index is 0.255. The molecule has 1 aliphatic rings. The molecule has 0 aromatic heterocycles. The Labute approximate surface area is 111 Å². The summed E-state index contributed by atoms with van der Waals surface area (Å²) in [5.41, 5.74) is 5.77. The van der Waals surface area contributed by atoms with Crippen LogP contribution in [0.4, 0.5) is 0 Å². The van der Waals surface area contributed by atoms with Gasteiger partial charge in [0.2, 0.25) is 0 Å². The van der Waals surface area contributed by atoms with Crippen molar-refractivity contribution in [3.05, 3.63) is 71.8 Å². The van der Waals surface area contributed by atoms with E-state index in [2.05, 4.69) is 59.1 Å². The average molecular weight is 254 g/mol. The van der Waals surface area contributed by atoms with Crippen molar-refractivity contribution < 1.29 is 0 Å². The molecule has 0 radical (unpaired) electrons. The van der Waals surface area contributed by atoms with Crippen LogP contribution in [0, 0.1) is 0 Å². The van der Waals surface area contributed by atoms with Crippen molar-refractivity contribution >= 4 is 16.8 Å². The maximum Gasteiger partial charge on any atom is 0.120 e. The molecule has 0 saturated carbocycles. The Balaban J connectivity index is 1.65. The molecule has 2 nitrogen and oxygen atoms in total. The van der Waals surface area contributed by atoms with Crippen molar-refractivity contribution in [1.82, 2.24) is 5.43 Å². The van der Waals surface area contributed by atoms with Crippen LogP contribution in [-0.2, 0) is 6.42 Å². The maximum atomic E-state index is 4.42. The lowest BCUT2D eigenvalue weighted by Gasteiger charge is -2.08. The Morgan fingerprint density at radius 1 is 0.944 bits per heavy atom. The predicted octanol–water partition coefficient (Wildman–Crippen LogP) is 3.58. The number of rotatable bonds is 3. The van der Waals surface area contributed by atoms with Gasteiger partial charge in [-0.1, -0.05) is 72.4 Å². The second kappa shape index (κ2) is 5.27. The minimum atomic E-state index is 0.255. The zero-order valence-corrected chi connectivity index (χ0v) is 10.7. The highest BCUT2D eigenvalue weighted by atomic mass is 32.2. The lowest BCUT2D eigenvalue weighted by molar-refractivity contribution is 0.742. The summed E-state index contributed by atoms with van der Waals surface area (Å²) >= 11 is 1.80. The van der Waals surface area contributed by atoms with E-state index in [1.54, 1.807) is 11.8 Å². The zero-order valence-electron chi connectivity index (χ0n) is 9.91. The van der Waals surface area contributed by atoms with Crippen molar-refractivity contribution in [2.45, 2.75) is 11.8 Å². The molecule has 2 aromatic rings. The molecule has 3 rings (SSSR count). The standard InChI is InChI=1S/C15H14N2S/c1-3-7-12(8-4-1)11-14-16-17-15(18-14)13-9-5-2-6-10-13/h1-10,15,17H,11H2. The average Bonchev–Trinajstić information content (AvgIpc) is 2.89. The van der Waals surface area contributed by atoms with Gasteiger partial charge in [0, 0.05) is 6.42 Å². The van der Waals surface area contributed by atoms with Crippen molar-refractivity contribution in [3.63, 3.8) is 0 Å². The quantitative estimate of drug-likeness (QED) is 0.905. The van der Waals surface area contributed by atoms with Crippen molar-refractivity contribution in [1.29, 1.82) is 0 Å². The van der Waals surface area contributed by atoms with Gasteiger partial charge in [0.15, 0.2) is 0 Å². The fourth-order valence-electron chi connectivity index (χ4n) is 1.94. The second-order valence-electron chi connectivity index (χ2n) is 4.21. The van der Waals surface area contributed by atoms with Crippen LogP contribution in [0.15, 0.2) is 65.8 Å². The number of hydrogen-bond acceptors (Lipinski definition) is 3. The number of hydrogen-bond donors (Lipinski definition) is 1. The number of nitrogens with zero attached hydrogens (tertiary/aromatic N) is 1. The van der Waals surface area contributed by atoms with E-state index < -0.39 is 0 Å². The normalized spacial score (nSPS) is 18.2. The van der Waals surface area contributed by atoms with E-state index >= 15 is 0 Å². The first kappa shape index (κ1) is 11.4. The maximum absolute atomic E-state index is 4.42. The second-order valence-corrected chi connectivity index (χ2v) is 5.38. The zero-order chi connectivity index (χ0) is 12.2. The Hall–Kier alpha value is -1.74. The molecule has 1 atom stereocenters. The van der Waals surface area contributed by atoms with Crippen molar-refractivity contribution in [2.24, 2.45) is 5.10 Å². The largest absolute Gasteiger partial charge is 0.291 e. The Bertz CT molecular complexity index is 537. The van der Waals surface area contributed by atoms with E-state index in [1.807, 2.05) is 12.1 Å². The number of benzene rings is 2. The number of hydrazone groups is 1. The molecular formula is C15H14N2S. The SMILES string of the molecule is c1ccc(CC2=NNC(c3ccccc3)S2)cc1. The Morgan fingerprint density at radius 3 is 2.33 bits per heavy atom. The van der Waals surface area contributed by atoms with Crippen LogP contribution >= 0.6 is 11.8 Å². The minimum Gasteiger partial charge on any atom is -0.291 e. The smallest absolute Gasteiger partial charge is 0.120 e. The van der Waals surface area contributed by atoms with E-state index in [0.717, 1.165) is 11.5 Å². The number of nitrogens with one attached hydrogen (secondary N) is 1. The van der Waals surface area contributed by atoms with Gasteiger partial charge < -0.3 is 0 Å². The van der Waals surface area contributed by atoms with Crippen LogP contribution in [-0.4, -0.2) is 5.04 Å². The first-order chi connectivity index (χ1) is 8.92. The third-order valence-electron chi connectivity index (χ3n) is 2.86. The van der Waals surface area contributed by atoms with E-state index in [1.165, 1.54) is 11.1 Å². The predicted molar refractivity (Wildman–Crippen MR) is 77.5 cm³/mol. The van der Waals surface area contributed by atoms with Crippen LogP contribution < -0.4 is 5.43 Å². The molecule has 0 spiro atoms. The topological polar surface area (TPSA) is 24.4 Å². The van der Waals surface area contributed by atoms with Crippen LogP contribution in [0.5, 0.6) is 0 Å². The summed E-state index contributed by atoms with van der Waals surface area (Å²) in [7, 11) is 0. The molecule has 0 amide bonds. The summed E-state index contributed by atoms with van der Waals surface area (Å²) in [6.07, 6.45) is 0.905. The summed E-state index contributed by atoms with van der Waals surface area (Å²) in [6, 6.07) is 20.9. The summed E-state index contributed by atoms with van der Waals surface area (Å²) in [4.78, 5) is 0. The monoisotopic (exact) mass is 254 g/mol. The summed E-state index contributed by atoms with van der Waals surface area (Å²) in [6.45, 7) is 0. The summed E-state index contributed by atoms with van der Waals surface area (Å²) < 4.78 is 0. The van der Waals surface area contributed by atoms with Crippen LogP contribution in [0.2, 0.25) is 0 Å². The van der Waals surface area contributed by atoms with Gasteiger partial charge in [0.05, 0.1) is 5.04 Å². The highest BCUT2D eigenvalue weighted by Crippen LogP contribution is 2.32. The van der Waals surface area contributed by atoms with E-state index in [-0.39, 0.29) is 5.37 Å². The molecule has 2 aromatic carbocycles. The first-order valence-electron chi connectivity index (χ1n) is 5.99. The number of thioether (sulfide) groups is 1. The molecule has 1 N–H and O–H groups in total. The third-order valence-corrected chi connectivity index (χ3v) is 3.98. The molecule has 0 bridgehead atoms. The highest BCUT2D eigenvalue weighted by Gasteiger charge is 2.20. The molecule has 3 heteroatoms. The molecule has 1 unspecified atom stereocenters. The van der Waals surface area contributed by atoms with Crippen LogP contribution in [0.3, 0.4) is 0 Å². The molecule has 0 saturated heterocycles. The van der Waals surface area contributed by atoms with Gasteiger partial charge in [-0.15, -0.1) is 0 Å². The van der Waals surface area contributed by atoms with E-state index in [9.17, 15) is 0 Å². The lowest BCUT2D eigenvalue weighted by atomic mass is 10.2. The van der Waals surface area contributed by atoms with Crippen LogP contribution in [0.25, 0.3) is 0 Å². The molecule has 1 aliphatic heterocycles. The fraction of sp³-hybridized carbons (Fsp3) is 0.133. The lowest BCUT2D eigenvalue weighted by Crippen LogP contribution is -2.05. The van der Waals surface area contributed by atoms with E-state index in [0.29, 0.717) is 0 Å². The molecule has 18 heavy (non-hydrogen) atoms. The molecule has 1 heterocycles. The van der Waals surface area contributed by atoms with Gasteiger partial charge in [-0.05, 0) is 11.1 Å². The highest BCUT2D eigenvalue weighted by molar-refractivity contribution is 8.14.